The highest BCUT2D eigenvalue weighted by atomic mass is 19.1. The first kappa shape index (κ1) is 17.9. The van der Waals surface area contributed by atoms with Crippen LogP contribution in [0.5, 0.6) is 0 Å². The number of hydrogen-bond acceptors (Lipinski definition) is 6. The Kier molecular flexibility index (Phi) is 3.65. The van der Waals surface area contributed by atoms with Gasteiger partial charge in [0.2, 0.25) is 11.7 Å². The highest BCUT2D eigenvalue weighted by Gasteiger charge is 2.44. The second-order valence-electron chi connectivity index (χ2n) is 8.14. The molecular formula is C22H17FN6O2. The zero-order chi connectivity index (χ0) is 21.2. The molecule has 0 amide bonds. The summed E-state index contributed by atoms with van der Waals surface area (Å²) in [5.41, 5.74) is 2.00. The van der Waals surface area contributed by atoms with Crippen LogP contribution in [0.3, 0.4) is 0 Å². The van der Waals surface area contributed by atoms with Crippen molar-refractivity contribution in [2.45, 2.75) is 31.7 Å². The largest absolute Gasteiger partial charge is 0.338 e. The molecule has 1 aromatic carbocycles. The zero-order valence-corrected chi connectivity index (χ0v) is 16.6. The van der Waals surface area contributed by atoms with Gasteiger partial charge in [-0.2, -0.15) is 4.98 Å². The predicted octanol–water partition coefficient (Wildman–Crippen LogP) is 3.33. The maximum Gasteiger partial charge on any atom is 0.278 e. The van der Waals surface area contributed by atoms with Crippen molar-refractivity contribution in [3.63, 3.8) is 0 Å². The van der Waals surface area contributed by atoms with Crippen molar-refractivity contribution in [1.82, 2.24) is 29.1 Å². The summed E-state index contributed by atoms with van der Waals surface area (Å²) in [6.07, 6.45) is 5.18. The van der Waals surface area contributed by atoms with Crippen molar-refractivity contribution < 1.29 is 8.91 Å². The van der Waals surface area contributed by atoms with Crippen LogP contribution in [0.25, 0.3) is 28.1 Å². The number of fused-ring (bicyclic) bond motifs is 3. The van der Waals surface area contributed by atoms with Crippen LogP contribution in [0, 0.1) is 5.82 Å². The molecule has 1 aliphatic rings. The lowest BCUT2D eigenvalue weighted by molar-refractivity contribution is 0.353. The van der Waals surface area contributed by atoms with E-state index < -0.39 is 5.82 Å². The summed E-state index contributed by atoms with van der Waals surface area (Å²) in [4.78, 5) is 26.8. The molecule has 0 aliphatic heterocycles. The number of rotatable bonds is 4. The predicted molar refractivity (Wildman–Crippen MR) is 110 cm³/mol. The summed E-state index contributed by atoms with van der Waals surface area (Å²) in [5, 5.41) is 4.08. The molecule has 0 N–H and O–H groups in total. The maximum atomic E-state index is 14.1. The molecule has 1 fully saturated rings. The van der Waals surface area contributed by atoms with Gasteiger partial charge in [-0.15, -0.1) is 0 Å². The summed E-state index contributed by atoms with van der Waals surface area (Å²) in [7, 11) is 0. The van der Waals surface area contributed by atoms with Crippen molar-refractivity contribution >= 4 is 16.6 Å². The third-order valence-electron chi connectivity index (χ3n) is 5.90. The van der Waals surface area contributed by atoms with Gasteiger partial charge in [-0.3, -0.25) is 18.7 Å². The Morgan fingerprint density at radius 3 is 2.81 bits per heavy atom. The van der Waals surface area contributed by atoms with E-state index in [1.54, 1.807) is 22.7 Å². The molecule has 9 heteroatoms. The Morgan fingerprint density at radius 1 is 1.16 bits per heavy atom. The van der Waals surface area contributed by atoms with Crippen LogP contribution < -0.4 is 5.56 Å². The number of hydrogen-bond donors (Lipinski definition) is 0. The lowest BCUT2D eigenvalue weighted by atomic mass is 10.1. The van der Waals surface area contributed by atoms with Crippen LogP contribution in [0.2, 0.25) is 0 Å². The first-order chi connectivity index (χ1) is 15.0. The second-order valence-corrected chi connectivity index (χ2v) is 8.14. The molecule has 1 aliphatic carbocycles. The number of halogens is 1. The molecule has 8 nitrogen and oxygen atoms in total. The van der Waals surface area contributed by atoms with E-state index in [1.807, 2.05) is 12.1 Å². The number of imidazole rings is 1. The Labute approximate surface area is 175 Å². The van der Waals surface area contributed by atoms with Gasteiger partial charge >= 0.3 is 0 Å². The molecule has 0 bridgehead atoms. The third-order valence-corrected chi connectivity index (χ3v) is 5.90. The molecule has 154 valence electrons. The topological polar surface area (TPSA) is 91.1 Å². The Bertz CT molecular complexity index is 1510. The van der Waals surface area contributed by atoms with E-state index in [9.17, 15) is 9.18 Å². The fraction of sp³-hybridized carbons (Fsp3) is 0.227. The number of pyridine rings is 1. The Morgan fingerprint density at radius 2 is 2.03 bits per heavy atom. The average molecular weight is 416 g/mol. The SMILES string of the molecule is CC1(c2nc(-c3ncn4c3c(=O)n(Cc3ccccn3)c3cc(F)ccc34)no2)CC1. The summed E-state index contributed by atoms with van der Waals surface area (Å²) in [6, 6.07) is 9.80. The van der Waals surface area contributed by atoms with Crippen LogP contribution in [0.4, 0.5) is 4.39 Å². The van der Waals surface area contributed by atoms with Crippen LogP contribution in [-0.4, -0.2) is 29.1 Å². The lowest BCUT2D eigenvalue weighted by Gasteiger charge is -2.12. The van der Waals surface area contributed by atoms with E-state index in [4.69, 9.17) is 4.52 Å². The molecule has 0 saturated heterocycles. The zero-order valence-electron chi connectivity index (χ0n) is 16.6. The van der Waals surface area contributed by atoms with Gasteiger partial charge in [-0.05, 0) is 43.2 Å². The van der Waals surface area contributed by atoms with Gasteiger partial charge in [-0.25, -0.2) is 9.37 Å². The molecule has 0 spiro atoms. The molecule has 4 heterocycles. The summed E-state index contributed by atoms with van der Waals surface area (Å²) in [5.74, 6) is 0.399. The molecule has 1 saturated carbocycles. The van der Waals surface area contributed by atoms with E-state index in [1.165, 1.54) is 23.0 Å². The normalized spacial score (nSPS) is 15.0. The molecule has 5 aromatic rings. The number of aromatic nitrogens is 6. The van der Waals surface area contributed by atoms with Crippen molar-refractivity contribution in [3.8, 4) is 11.5 Å². The van der Waals surface area contributed by atoms with Crippen molar-refractivity contribution in [3.05, 3.63) is 76.7 Å². The molecule has 31 heavy (non-hydrogen) atoms. The van der Waals surface area contributed by atoms with E-state index in [-0.39, 0.29) is 23.3 Å². The minimum absolute atomic E-state index is 0.0931. The minimum Gasteiger partial charge on any atom is -0.338 e. The van der Waals surface area contributed by atoms with Crippen molar-refractivity contribution in [2.75, 3.05) is 0 Å². The summed E-state index contributed by atoms with van der Waals surface area (Å²) in [6.45, 7) is 2.26. The second kappa shape index (κ2) is 6.31. The Hall–Kier alpha value is -3.88. The molecular weight excluding hydrogens is 399 g/mol. The van der Waals surface area contributed by atoms with Gasteiger partial charge in [0.25, 0.3) is 5.56 Å². The van der Waals surface area contributed by atoms with Gasteiger partial charge in [0.15, 0.2) is 0 Å². The summed E-state index contributed by atoms with van der Waals surface area (Å²) < 4.78 is 22.7. The van der Waals surface area contributed by atoms with Gasteiger partial charge in [0, 0.05) is 11.6 Å². The van der Waals surface area contributed by atoms with Crippen molar-refractivity contribution in [1.29, 1.82) is 0 Å². The maximum absolute atomic E-state index is 14.1. The minimum atomic E-state index is -0.429. The first-order valence-electron chi connectivity index (χ1n) is 9.97. The van der Waals surface area contributed by atoms with Crippen LogP contribution >= 0.6 is 0 Å². The van der Waals surface area contributed by atoms with Crippen LogP contribution in [0.15, 0.2) is 58.2 Å². The van der Waals surface area contributed by atoms with Gasteiger partial charge in [-0.1, -0.05) is 18.1 Å². The molecule has 0 radical (unpaired) electrons. The van der Waals surface area contributed by atoms with Gasteiger partial charge in [0.1, 0.15) is 23.4 Å². The first-order valence-corrected chi connectivity index (χ1v) is 9.97. The average Bonchev–Trinajstić information content (AvgIpc) is 3.18. The fourth-order valence-electron chi connectivity index (χ4n) is 3.83. The summed E-state index contributed by atoms with van der Waals surface area (Å²) >= 11 is 0. The number of benzene rings is 1. The quantitative estimate of drug-likeness (QED) is 0.446. The molecule has 0 atom stereocenters. The van der Waals surface area contributed by atoms with Gasteiger partial charge < -0.3 is 4.52 Å². The highest BCUT2D eigenvalue weighted by Crippen LogP contribution is 2.47. The van der Waals surface area contributed by atoms with E-state index >= 15 is 0 Å². The van der Waals surface area contributed by atoms with Gasteiger partial charge in [0.05, 0.1) is 23.3 Å². The fourth-order valence-corrected chi connectivity index (χ4v) is 3.83. The highest BCUT2D eigenvalue weighted by molar-refractivity contribution is 5.83. The monoisotopic (exact) mass is 416 g/mol. The lowest BCUT2D eigenvalue weighted by Crippen LogP contribution is -2.24. The van der Waals surface area contributed by atoms with E-state index in [0.29, 0.717) is 33.8 Å². The third kappa shape index (κ3) is 2.77. The molecule has 4 aromatic heterocycles. The van der Waals surface area contributed by atoms with Crippen molar-refractivity contribution in [2.24, 2.45) is 0 Å². The van der Waals surface area contributed by atoms with E-state index in [2.05, 4.69) is 27.0 Å². The van der Waals surface area contributed by atoms with Crippen LogP contribution in [0.1, 0.15) is 31.4 Å². The van der Waals surface area contributed by atoms with Crippen LogP contribution in [-0.2, 0) is 12.0 Å². The molecule has 6 rings (SSSR count). The van der Waals surface area contributed by atoms with E-state index in [0.717, 1.165) is 12.8 Å². The number of nitrogens with zero attached hydrogens (tertiary/aromatic N) is 6. The smallest absolute Gasteiger partial charge is 0.278 e. The molecule has 0 unspecified atom stereocenters. The Balaban J connectivity index is 1.61. The standard InChI is InChI=1S/C22H17FN6O2/c1-22(7-8-22)21-26-19(27-31-21)17-18-20(30)28(11-14-4-2-3-9-24-14)16-10-13(23)5-6-15(16)29(18)12-25-17/h2-6,9-10,12H,7-8,11H2,1H3.